The lowest BCUT2D eigenvalue weighted by Gasteiger charge is -2.40. The van der Waals surface area contributed by atoms with Crippen molar-refractivity contribution in [2.45, 2.75) is 56.7 Å². The third-order valence-corrected chi connectivity index (χ3v) is 4.73. The largest absolute Gasteiger partial charge is 0.487 e. The van der Waals surface area contributed by atoms with Crippen LogP contribution in [0.5, 0.6) is 5.75 Å². The summed E-state index contributed by atoms with van der Waals surface area (Å²) in [7, 11) is 0. The van der Waals surface area contributed by atoms with Crippen LogP contribution < -0.4 is 4.74 Å². The first-order valence-corrected chi connectivity index (χ1v) is 7.64. The molecule has 1 N–H and O–H groups in total. The van der Waals surface area contributed by atoms with Crippen LogP contribution in [0.4, 0.5) is 0 Å². The summed E-state index contributed by atoms with van der Waals surface area (Å²) in [5.74, 6) is 0.874. The zero-order valence-electron chi connectivity index (χ0n) is 10.5. The predicted molar refractivity (Wildman–Crippen MR) is 74.8 cm³/mol. The Morgan fingerprint density at radius 3 is 2.61 bits per heavy atom. The molecular weight excluding hydrogens is 292 g/mol. The number of hydrogen-bond donors (Lipinski definition) is 1. The molecule has 2 aliphatic rings. The summed E-state index contributed by atoms with van der Waals surface area (Å²) in [6.45, 7) is 0. The maximum Gasteiger partial charge on any atom is 0.126 e. The van der Waals surface area contributed by atoms with E-state index in [-0.39, 0.29) is 11.7 Å². The second kappa shape index (κ2) is 4.86. The van der Waals surface area contributed by atoms with Crippen molar-refractivity contribution in [2.24, 2.45) is 0 Å². The summed E-state index contributed by atoms with van der Waals surface area (Å²) in [6, 6.07) is 5.94. The van der Waals surface area contributed by atoms with Gasteiger partial charge in [-0.15, -0.1) is 0 Å². The van der Waals surface area contributed by atoms with Crippen LogP contribution in [0, 0.1) is 0 Å². The minimum Gasteiger partial charge on any atom is -0.487 e. The molecule has 1 atom stereocenters. The van der Waals surface area contributed by atoms with Gasteiger partial charge in [0.1, 0.15) is 11.4 Å². The number of fused-ring (bicyclic) bond motifs is 1. The molecule has 0 saturated heterocycles. The number of halogens is 1. The first-order chi connectivity index (χ1) is 8.69. The normalized spacial score (nSPS) is 26.2. The van der Waals surface area contributed by atoms with Gasteiger partial charge in [-0.05, 0) is 43.9 Å². The third kappa shape index (κ3) is 2.30. The van der Waals surface area contributed by atoms with Crippen LogP contribution in [-0.4, -0.2) is 10.7 Å². The van der Waals surface area contributed by atoms with Crippen LogP contribution in [-0.2, 0) is 0 Å². The van der Waals surface area contributed by atoms with Gasteiger partial charge in [0.2, 0.25) is 0 Å². The molecule has 3 heteroatoms. The first kappa shape index (κ1) is 12.5. The van der Waals surface area contributed by atoms with Crippen LogP contribution in [0.25, 0.3) is 0 Å². The summed E-state index contributed by atoms with van der Waals surface area (Å²) < 4.78 is 7.29. The van der Waals surface area contributed by atoms with Crippen LogP contribution in [0.1, 0.15) is 56.6 Å². The smallest absolute Gasteiger partial charge is 0.126 e. The highest BCUT2D eigenvalue weighted by Gasteiger charge is 2.40. The number of hydrogen-bond acceptors (Lipinski definition) is 2. The summed E-state index contributed by atoms with van der Waals surface area (Å²) >= 11 is 3.45. The Morgan fingerprint density at radius 1 is 1.17 bits per heavy atom. The molecule has 1 aromatic carbocycles. The number of aliphatic hydroxyl groups is 1. The molecule has 0 amide bonds. The Kier molecular flexibility index (Phi) is 3.37. The molecule has 0 unspecified atom stereocenters. The second-order valence-corrected chi connectivity index (χ2v) is 6.52. The van der Waals surface area contributed by atoms with Gasteiger partial charge in [-0.1, -0.05) is 28.8 Å². The fourth-order valence-corrected chi connectivity index (χ4v) is 3.67. The zero-order chi connectivity index (χ0) is 12.6. The van der Waals surface area contributed by atoms with E-state index in [1.54, 1.807) is 0 Å². The van der Waals surface area contributed by atoms with E-state index in [1.807, 2.05) is 18.2 Å². The lowest BCUT2D eigenvalue weighted by atomic mass is 9.83. The Balaban J connectivity index is 1.92. The fraction of sp³-hybridized carbons (Fsp3) is 0.600. The van der Waals surface area contributed by atoms with Gasteiger partial charge in [0.05, 0.1) is 6.10 Å². The molecule has 1 aliphatic carbocycles. The van der Waals surface area contributed by atoms with Gasteiger partial charge in [0, 0.05) is 16.5 Å². The van der Waals surface area contributed by atoms with Gasteiger partial charge in [-0.2, -0.15) is 0 Å². The lowest BCUT2D eigenvalue weighted by Crippen LogP contribution is -2.40. The summed E-state index contributed by atoms with van der Waals surface area (Å²) in [5.41, 5.74) is 0.816. The van der Waals surface area contributed by atoms with Crippen molar-refractivity contribution in [3.8, 4) is 5.75 Å². The predicted octanol–water partition coefficient (Wildman–Crippen LogP) is 4.36. The van der Waals surface area contributed by atoms with Crippen LogP contribution >= 0.6 is 15.9 Å². The Morgan fingerprint density at radius 2 is 1.89 bits per heavy atom. The SMILES string of the molecule is O[C@@H]1CC2(CCCCCC2)Oc2ccc(Br)cc21. The van der Waals surface area contributed by atoms with E-state index in [4.69, 9.17) is 4.74 Å². The molecule has 0 radical (unpaired) electrons. The first-order valence-electron chi connectivity index (χ1n) is 6.85. The molecule has 0 bridgehead atoms. The van der Waals surface area contributed by atoms with E-state index in [2.05, 4.69) is 15.9 Å². The minimum absolute atomic E-state index is 0.114. The highest BCUT2D eigenvalue weighted by atomic mass is 79.9. The number of ether oxygens (including phenoxy) is 1. The Labute approximate surface area is 116 Å². The molecule has 1 spiro atoms. The average molecular weight is 311 g/mol. The maximum absolute atomic E-state index is 10.4. The lowest BCUT2D eigenvalue weighted by molar-refractivity contribution is -0.0244. The van der Waals surface area contributed by atoms with Gasteiger partial charge < -0.3 is 9.84 Å². The quantitative estimate of drug-likeness (QED) is 0.771. The van der Waals surface area contributed by atoms with Gasteiger partial charge in [0.15, 0.2) is 0 Å². The average Bonchev–Trinajstić information content (AvgIpc) is 2.56. The van der Waals surface area contributed by atoms with Gasteiger partial charge in [0.25, 0.3) is 0 Å². The van der Waals surface area contributed by atoms with E-state index in [0.717, 1.165) is 35.0 Å². The van der Waals surface area contributed by atoms with Crippen molar-refractivity contribution in [1.29, 1.82) is 0 Å². The standard InChI is InChI=1S/C15H19BrO2/c16-11-5-6-14-12(9-11)13(17)10-15(18-14)7-3-1-2-4-8-15/h5-6,9,13,17H,1-4,7-8,10H2/t13-/m1/s1. The Hall–Kier alpha value is -0.540. The van der Waals surface area contributed by atoms with Crippen molar-refractivity contribution < 1.29 is 9.84 Å². The zero-order valence-corrected chi connectivity index (χ0v) is 12.1. The van der Waals surface area contributed by atoms with Crippen molar-refractivity contribution in [1.82, 2.24) is 0 Å². The highest BCUT2D eigenvalue weighted by molar-refractivity contribution is 9.10. The molecule has 0 aromatic heterocycles. The van der Waals surface area contributed by atoms with Crippen molar-refractivity contribution in [3.05, 3.63) is 28.2 Å². The number of rotatable bonds is 0. The van der Waals surface area contributed by atoms with Crippen molar-refractivity contribution in [3.63, 3.8) is 0 Å². The molecule has 1 aromatic rings. The summed E-state index contributed by atoms with van der Waals surface area (Å²) in [4.78, 5) is 0. The molecule has 98 valence electrons. The molecule has 1 saturated carbocycles. The summed E-state index contributed by atoms with van der Waals surface area (Å²) in [6.07, 6.45) is 7.57. The molecule has 1 fully saturated rings. The third-order valence-electron chi connectivity index (χ3n) is 4.24. The molecule has 3 rings (SSSR count). The van der Waals surface area contributed by atoms with Crippen LogP contribution in [0.3, 0.4) is 0 Å². The van der Waals surface area contributed by atoms with Crippen LogP contribution in [0.2, 0.25) is 0 Å². The minimum atomic E-state index is -0.385. The van der Waals surface area contributed by atoms with Gasteiger partial charge >= 0.3 is 0 Å². The van der Waals surface area contributed by atoms with Crippen LogP contribution in [0.15, 0.2) is 22.7 Å². The molecule has 1 aliphatic heterocycles. The topological polar surface area (TPSA) is 29.5 Å². The monoisotopic (exact) mass is 310 g/mol. The molecular formula is C15H19BrO2. The van der Waals surface area contributed by atoms with Gasteiger partial charge in [-0.25, -0.2) is 0 Å². The maximum atomic E-state index is 10.4. The molecule has 1 heterocycles. The van der Waals surface area contributed by atoms with E-state index in [0.29, 0.717) is 0 Å². The van der Waals surface area contributed by atoms with Crippen molar-refractivity contribution in [2.75, 3.05) is 0 Å². The second-order valence-electron chi connectivity index (χ2n) is 5.60. The Bertz CT molecular complexity index is 436. The number of aliphatic hydroxyl groups excluding tert-OH is 1. The van der Waals surface area contributed by atoms with E-state index >= 15 is 0 Å². The number of benzene rings is 1. The van der Waals surface area contributed by atoms with Gasteiger partial charge in [-0.3, -0.25) is 0 Å². The van der Waals surface area contributed by atoms with Crippen molar-refractivity contribution >= 4 is 15.9 Å². The highest BCUT2D eigenvalue weighted by Crippen LogP contribution is 2.46. The van der Waals surface area contributed by atoms with E-state index in [1.165, 1.54) is 25.7 Å². The molecule has 18 heavy (non-hydrogen) atoms. The van der Waals surface area contributed by atoms with E-state index in [9.17, 15) is 5.11 Å². The molecule has 2 nitrogen and oxygen atoms in total. The van der Waals surface area contributed by atoms with E-state index < -0.39 is 0 Å². The summed E-state index contributed by atoms with van der Waals surface area (Å²) in [5, 5.41) is 10.4. The fourth-order valence-electron chi connectivity index (χ4n) is 3.29.